The first-order chi connectivity index (χ1) is 7.70. The fraction of sp³-hybridized carbons (Fsp3) is 0.467. The van der Waals surface area contributed by atoms with Crippen LogP contribution in [0.15, 0.2) is 35.9 Å². The maximum Gasteiger partial charge on any atom is 0.0647 e. The van der Waals surface area contributed by atoms with Crippen molar-refractivity contribution in [1.82, 2.24) is 5.32 Å². The van der Waals surface area contributed by atoms with Gasteiger partial charge in [-0.15, -0.1) is 0 Å². The van der Waals surface area contributed by atoms with Crippen molar-refractivity contribution in [3.05, 3.63) is 47.0 Å². The highest BCUT2D eigenvalue weighted by atomic mass is 14.9. The lowest BCUT2D eigenvalue weighted by Gasteiger charge is -2.39. The first-order valence-electron chi connectivity index (χ1n) is 6.13. The largest absolute Gasteiger partial charge is 0.307 e. The van der Waals surface area contributed by atoms with Crippen LogP contribution in [0.2, 0.25) is 0 Å². The van der Waals surface area contributed by atoms with Crippen LogP contribution in [0.4, 0.5) is 0 Å². The van der Waals surface area contributed by atoms with Crippen LogP contribution in [-0.2, 0) is 5.54 Å². The molecule has 0 amide bonds. The smallest absolute Gasteiger partial charge is 0.0647 e. The van der Waals surface area contributed by atoms with Gasteiger partial charge in [0.05, 0.1) is 5.54 Å². The third-order valence-electron chi connectivity index (χ3n) is 3.91. The van der Waals surface area contributed by atoms with Gasteiger partial charge in [0.15, 0.2) is 0 Å². The van der Waals surface area contributed by atoms with E-state index in [4.69, 9.17) is 0 Å². The molecular weight excluding hydrogens is 194 g/mol. The molecule has 1 aromatic carbocycles. The van der Waals surface area contributed by atoms with Crippen molar-refractivity contribution in [2.75, 3.05) is 7.05 Å². The Morgan fingerprint density at radius 1 is 1.19 bits per heavy atom. The highest BCUT2D eigenvalue weighted by Crippen LogP contribution is 2.39. The molecule has 0 bridgehead atoms. The van der Waals surface area contributed by atoms with Gasteiger partial charge in [-0.25, -0.2) is 0 Å². The van der Waals surface area contributed by atoms with E-state index in [1.807, 2.05) is 0 Å². The zero-order chi connectivity index (χ0) is 11.6. The summed E-state index contributed by atoms with van der Waals surface area (Å²) in [4.78, 5) is 0. The lowest BCUT2D eigenvalue weighted by Crippen LogP contribution is -2.43. The lowest BCUT2D eigenvalue weighted by atomic mass is 9.74. The predicted molar refractivity (Wildman–Crippen MR) is 69.5 cm³/mol. The molecule has 0 saturated heterocycles. The Morgan fingerprint density at radius 2 is 1.94 bits per heavy atom. The van der Waals surface area contributed by atoms with Crippen LogP contribution in [-0.4, -0.2) is 7.05 Å². The Kier molecular flexibility index (Phi) is 3.15. The topological polar surface area (TPSA) is 12.0 Å². The van der Waals surface area contributed by atoms with Gasteiger partial charge in [0.2, 0.25) is 0 Å². The monoisotopic (exact) mass is 215 g/mol. The maximum absolute atomic E-state index is 3.56. The van der Waals surface area contributed by atoms with E-state index in [2.05, 4.69) is 56.6 Å². The van der Waals surface area contributed by atoms with Crippen LogP contribution in [0.5, 0.6) is 0 Å². The number of nitrogens with one attached hydrogen (secondary N) is 1. The van der Waals surface area contributed by atoms with Gasteiger partial charge in [0, 0.05) is 0 Å². The van der Waals surface area contributed by atoms with E-state index >= 15 is 0 Å². The summed E-state index contributed by atoms with van der Waals surface area (Å²) < 4.78 is 0. The summed E-state index contributed by atoms with van der Waals surface area (Å²) in [6.45, 7) is 4.46. The Labute approximate surface area is 98.6 Å². The second-order valence-electron chi connectivity index (χ2n) is 4.75. The summed E-state index contributed by atoms with van der Waals surface area (Å²) in [5.74, 6) is 0. The van der Waals surface area contributed by atoms with Gasteiger partial charge in [0.25, 0.3) is 0 Å². The van der Waals surface area contributed by atoms with E-state index in [-0.39, 0.29) is 5.54 Å². The molecule has 0 aromatic heterocycles. The maximum atomic E-state index is 3.56. The molecule has 1 heteroatoms. The highest BCUT2D eigenvalue weighted by molar-refractivity contribution is 5.40. The summed E-state index contributed by atoms with van der Waals surface area (Å²) in [7, 11) is 2.08. The summed E-state index contributed by atoms with van der Waals surface area (Å²) in [6.07, 6.45) is 6.08. The van der Waals surface area contributed by atoms with Crippen molar-refractivity contribution < 1.29 is 0 Å². The Bertz CT molecular complexity index is 406. The molecule has 1 N–H and O–H groups in total. The number of benzene rings is 1. The minimum Gasteiger partial charge on any atom is -0.307 e. The lowest BCUT2D eigenvalue weighted by molar-refractivity contribution is 0.367. The zero-order valence-corrected chi connectivity index (χ0v) is 10.5. The molecule has 1 nitrogen and oxygen atoms in total. The average molecular weight is 215 g/mol. The van der Waals surface area contributed by atoms with Crippen LogP contribution in [0.25, 0.3) is 0 Å². The minimum absolute atomic E-state index is 0.0730. The van der Waals surface area contributed by atoms with E-state index in [0.717, 1.165) is 0 Å². The normalized spacial score (nSPS) is 25.3. The third-order valence-corrected chi connectivity index (χ3v) is 3.91. The number of likely N-dealkylation sites (N-methyl/N-ethyl adjacent to an activating group) is 1. The van der Waals surface area contributed by atoms with Gasteiger partial charge in [-0.05, 0) is 51.3 Å². The second kappa shape index (κ2) is 4.42. The first-order valence-corrected chi connectivity index (χ1v) is 6.13. The van der Waals surface area contributed by atoms with Crippen LogP contribution >= 0.6 is 0 Å². The van der Waals surface area contributed by atoms with Gasteiger partial charge < -0.3 is 5.32 Å². The summed E-state index contributed by atoms with van der Waals surface area (Å²) >= 11 is 0. The first kappa shape index (κ1) is 11.4. The van der Waals surface area contributed by atoms with Gasteiger partial charge in [-0.1, -0.05) is 35.9 Å². The fourth-order valence-corrected chi connectivity index (χ4v) is 2.91. The molecular formula is C15H21N. The number of hydrogen-bond donors (Lipinski definition) is 1. The van der Waals surface area contributed by atoms with Crippen molar-refractivity contribution in [3.8, 4) is 0 Å². The van der Waals surface area contributed by atoms with Crippen LogP contribution in [0.1, 0.15) is 37.3 Å². The van der Waals surface area contributed by atoms with Gasteiger partial charge in [-0.3, -0.25) is 0 Å². The van der Waals surface area contributed by atoms with Crippen molar-refractivity contribution in [1.29, 1.82) is 0 Å². The van der Waals surface area contributed by atoms with Gasteiger partial charge >= 0.3 is 0 Å². The summed E-state index contributed by atoms with van der Waals surface area (Å²) in [6, 6.07) is 8.72. The van der Waals surface area contributed by atoms with Crippen LogP contribution < -0.4 is 5.32 Å². The summed E-state index contributed by atoms with van der Waals surface area (Å²) in [5, 5.41) is 3.56. The molecule has 1 aliphatic carbocycles. The molecule has 16 heavy (non-hydrogen) atoms. The molecule has 0 aliphatic heterocycles. The minimum atomic E-state index is 0.0730. The molecule has 1 aliphatic rings. The second-order valence-corrected chi connectivity index (χ2v) is 4.75. The van der Waals surface area contributed by atoms with E-state index in [0.29, 0.717) is 0 Å². The molecule has 0 radical (unpaired) electrons. The molecule has 0 heterocycles. The van der Waals surface area contributed by atoms with Crippen LogP contribution in [0.3, 0.4) is 0 Å². The third kappa shape index (κ3) is 1.69. The molecule has 1 aromatic rings. The number of rotatable bonds is 2. The number of allylic oxidation sites excluding steroid dienone is 1. The predicted octanol–water partition coefficient (Wildman–Crippen LogP) is 3.54. The van der Waals surface area contributed by atoms with Crippen molar-refractivity contribution in [3.63, 3.8) is 0 Å². The van der Waals surface area contributed by atoms with Gasteiger partial charge in [-0.2, -0.15) is 0 Å². The molecule has 1 atom stereocenters. The number of aryl methyl sites for hydroxylation is 1. The quantitative estimate of drug-likeness (QED) is 0.744. The Balaban J connectivity index is 2.54. The van der Waals surface area contributed by atoms with Crippen molar-refractivity contribution in [2.24, 2.45) is 0 Å². The fourth-order valence-electron chi connectivity index (χ4n) is 2.91. The molecule has 86 valence electrons. The van der Waals surface area contributed by atoms with Crippen molar-refractivity contribution >= 4 is 0 Å². The van der Waals surface area contributed by atoms with E-state index < -0.39 is 0 Å². The average Bonchev–Trinajstić information content (AvgIpc) is 2.31. The Morgan fingerprint density at radius 3 is 2.56 bits per heavy atom. The van der Waals surface area contributed by atoms with E-state index in [1.54, 1.807) is 0 Å². The van der Waals surface area contributed by atoms with Gasteiger partial charge in [0.1, 0.15) is 0 Å². The van der Waals surface area contributed by atoms with E-state index in [1.165, 1.54) is 36.0 Å². The standard InChI is InChI=1S/C15H21N/c1-12-8-4-5-10-14(12)15(16-3)11-7-6-9-13(15)2/h4-5,8-10,16H,6-7,11H2,1-3H3. The summed E-state index contributed by atoms with van der Waals surface area (Å²) in [5.41, 5.74) is 4.36. The number of hydrogen-bond acceptors (Lipinski definition) is 1. The van der Waals surface area contributed by atoms with Crippen LogP contribution in [0, 0.1) is 6.92 Å². The molecule has 0 fully saturated rings. The zero-order valence-electron chi connectivity index (χ0n) is 10.5. The Hall–Kier alpha value is -1.08. The van der Waals surface area contributed by atoms with Crippen molar-refractivity contribution in [2.45, 2.75) is 38.6 Å². The molecule has 1 unspecified atom stereocenters. The SMILES string of the molecule is CNC1(c2ccccc2C)CCCC=C1C. The highest BCUT2D eigenvalue weighted by Gasteiger charge is 2.34. The van der Waals surface area contributed by atoms with E-state index in [9.17, 15) is 0 Å². The molecule has 2 rings (SSSR count). The molecule has 0 saturated carbocycles. The molecule has 0 spiro atoms.